The Morgan fingerprint density at radius 1 is 0.828 bits per heavy atom. The van der Waals surface area contributed by atoms with Crippen LogP contribution in [0.4, 0.5) is 11.4 Å². The molecule has 0 radical (unpaired) electrons. The number of anilines is 2. The van der Waals surface area contributed by atoms with E-state index in [9.17, 15) is 5.11 Å². The van der Waals surface area contributed by atoms with Crippen LogP contribution in [0.3, 0.4) is 0 Å². The molecular weight excluding hydrogens is 362 g/mol. The average molecular weight is 387 g/mol. The van der Waals surface area contributed by atoms with Gasteiger partial charge in [-0.05, 0) is 49.1 Å². The molecule has 1 aliphatic carbocycles. The second-order valence-electron chi connectivity index (χ2n) is 7.73. The van der Waals surface area contributed by atoms with E-state index in [0.717, 1.165) is 47.7 Å². The van der Waals surface area contributed by atoms with Crippen LogP contribution in [0.25, 0.3) is 0 Å². The highest BCUT2D eigenvalue weighted by Gasteiger charge is 2.40. The third kappa shape index (κ3) is 3.50. The third-order valence-corrected chi connectivity index (χ3v) is 5.87. The topological polar surface area (TPSA) is 41.9 Å². The van der Waals surface area contributed by atoms with E-state index in [0.29, 0.717) is 6.61 Å². The Bertz CT molecular complexity index is 929. The van der Waals surface area contributed by atoms with E-state index in [-0.39, 0.29) is 12.1 Å². The fraction of sp³-hybridized carbons (Fsp3) is 0.280. The highest BCUT2D eigenvalue weighted by atomic mass is 16.5. The molecule has 0 spiro atoms. The number of fused-ring (bicyclic) bond motifs is 2. The maximum Gasteiger partial charge on any atom is 0.151 e. The number of para-hydroxylation sites is 4. The summed E-state index contributed by atoms with van der Waals surface area (Å²) in [5.41, 5.74) is 3.13. The SMILES string of the molecule is O[C@H]1[C@H](N2c3ccccc3Oc3ccccc32)CCC[C@H]1OCc1ccccc1. The van der Waals surface area contributed by atoms with Crippen LogP contribution >= 0.6 is 0 Å². The second kappa shape index (κ2) is 7.90. The van der Waals surface area contributed by atoms with Crippen molar-refractivity contribution in [3.05, 3.63) is 84.4 Å². The number of rotatable bonds is 4. The monoisotopic (exact) mass is 387 g/mol. The molecule has 3 atom stereocenters. The standard InChI is InChI=1S/C25H25NO3/c27-25-21(13-8-16-24(25)28-17-18-9-2-1-3-10-18)26-19-11-4-6-14-22(19)29-23-15-7-5-12-20(23)26/h1-7,9-12,14-15,21,24-25,27H,8,13,16-17H2/t21-,24-,25+/m1/s1. The fourth-order valence-electron chi connectivity index (χ4n) is 4.45. The van der Waals surface area contributed by atoms with Gasteiger partial charge in [0.2, 0.25) is 0 Å². The Labute approximate surface area is 171 Å². The molecule has 3 aromatic carbocycles. The lowest BCUT2D eigenvalue weighted by atomic mass is 9.87. The van der Waals surface area contributed by atoms with Crippen molar-refractivity contribution < 1.29 is 14.6 Å². The van der Waals surface area contributed by atoms with Gasteiger partial charge in [-0.3, -0.25) is 0 Å². The number of hydrogen-bond donors (Lipinski definition) is 1. The predicted molar refractivity (Wildman–Crippen MR) is 114 cm³/mol. The molecule has 0 saturated heterocycles. The zero-order chi connectivity index (χ0) is 19.6. The van der Waals surface area contributed by atoms with Gasteiger partial charge in [-0.25, -0.2) is 0 Å². The van der Waals surface area contributed by atoms with E-state index in [2.05, 4.69) is 29.2 Å². The van der Waals surface area contributed by atoms with Gasteiger partial charge >= 0.3 is 0 Å². The van der Waals surface area contributed by atoms with Gasteiger partial charge < -0.3 is 19.5 Å². The Hall–Kier alpha value is -2.82. The molecule has 4 nitrogen and oxygen atoms in total. The van der Waals surface area contributed by atoms with Gasteiger partial charge in [0.1, 0.15) is 6.10 Å². The van der Waals surface area contributed by atoms with Crippen molar-refractivity contribution in [1.29, 1.82) is 0 Å². The van der Waals surface area contributed by atoms with Crippen molar-refractivity contribution in [2.75, 3.05) is 4.90 Å². The van der Waals surface area contributed by atoms with E-state index >= 15 is 0 Å². The predicted octanol–water partition coefficient (Wildman–Crippen LogP) is 5.43. The molecule has 4 heteroatoms. The molecule has 3 aromatic rings. The van der Waals surface area contributed by atoms with Crippen LogP contribution in [-0.2, 0) is 11.3 Å². The van der Waals surface area contributed by atoms with E-state index in [1.54, 1.807) is 0 Å². The first-order valence-corrected chi connectivity index (χ1v) is 10.3. The van der Waals surface area contributed by atoms with Crippen LogP contribution in [0, 0.1) is 0 Å². The van der Waals surface area contributed by atoms with Gasteiger partial charge in [0.25, 0.3) is 0 Å². The third-order valence-electron chi connectivity index (χ3n) is 5.87. The first-order valence-electron chi connectivity index (χ1n) is 10.3. The number of nitrogens with zero attached hydrogens (tertiary/aromatic N) is 1. The second-order valence-corrected chi connectivity index (χ2v) is 7.73. The minimum absolute atomic E-state index is 0.0595. The first-order chi connectivity index (χ1) is 14.3. The minimum atomic E-state index is -0.577. The summed E-state index contributed by atoms with van der Waals surface area (Å²) >= 11 is 0. The molecule has 2 aliphatic rings. The number of hydrogen-bond acceptors (Lipinski definition) is 4. The van der Waals surface area contributed by atoms with Gasteiger partial charge in [-0.1, -0.05) is 54.6 Å². The summed E-state index contributed by atoms with van der Waals surface area (Å²) in [5.74, 6) is 1.65. The van der Waals surface area contributed by atoms with E-state index in [1.807, 2.05) is 54.6 Å². The molecule has 29 heavy (non-hydrogen) atoms. The lowest BCUT2D eigenvalue weighted by Crippen LogP contribution is -2.51. The van der Waals surface area contributed by atoms with Crippen molar-refractivity contribution in [3.63, 3.8) is 0 Å². The summed E-state index contributed by atoms with van der Waals surface area (Å²) in [7, 11) is 0. The zero-order valence-electron chi connectivity index (χ0n) is 16.3. The summed E-state index contributed by atoms with van der Waals surface area (Å²) in [4.78, 5) is 2.25. The number of ether oxygens (including phenoxy) is 2. The highest BCUT2D eigenvalue weighted by Crippen LogP contribution is 2.49. The molecule has 1 saturated carbocycles. The maximum atomic E-state index is 11.3. The normalized spacial score (nSPS) is 23.1. The van der Waals surface area contributed by atoms with Crippen LogP contribution in [0.1, 0.15) is 24.8 Å². The fourth-order valence-corrected chi connectivity index (χ4v) is 4.45. The Morgan fingerprint density at radius 2 is 1.45 bits per heavy atom. The van der Waals surface area contributed by atoms with Crippen LogP contribution in [0.5, 0.6) is 11.5 Å². The molecule has 1 N–H and O–H groups in total. The van der Waals surface area contributed by atoms with Gasteiger partial charge in [0.15, 0.2) is 11.5 Å². The summed E-state index contributed by atoms with van der Waals surface area (Å²) in [6.07, 6.45) is 2.04. The van der Waals surface area contributed by atoms with Crippen molar-refractivity contribution in [2.24, 2.45) is 0 Å². The highest BCUT2D eigenvalue weighted by molar-refractivity contribution is 5.78. The Balaban J connectivity index is 1.43. The zero-order valence-corrected chi connectivity index (χ0v) is 16.3. The summed E-state index contributed by atoms with van der Waals surface area (Å²) in [6.45, 7) is 0.519. The molecule has 5 rings (SSSR count). The van der Waals surface area contributed by atoms with Gasteiger partial charge in [0.05, 0.1) is 30.1 Å². The Kier molecular flexibility index (Phi) is 4.96. The largest absolute Gasteiger partial charge is 0.453 e. The van der Waals surface area contributed by atoms with E-state index < -0.39 is 6.10 Å². The van der Waals surface area contributed by atoms with Crippen molar-refractivity contribution >= 4 is 11.4 Å². The molecule has 0 amide bonds. The van der Waals surface area contributed by atoms with Crippen molar-refractivity contribution in [1.82, 2.24) is 0 Å². The van der Waals surface area contributed by atoms with Gasteiger partial charge in [0, 0.05) is 0 Å². The van der Waals surface area contributed by atoms with Crippen LogP contribution in [0.15, 0.2) is 78.9 Å². The smallest absolute Gasteiger partial charge is 0.151 e. The molecule has 1 heterocycles. The van der Waals surface area contributed by atoms with Crippen molar-refractivity contribution in [3.8, 4) is 11.5 Å². The molecule has 0 unspecified atom stereocenters. The lowest BCUT2D eigenvalue weighted by molar-refractivity contribution is -0.0740. The quantitative estimate of drug-likeness (QED) is 0.648. The number of aliphatic hydroxyl groups is 1. The van der Waals surface area contributed by atoms with Gasteiger partial charge in [-0.2, -0.15) is 0 Å². The van der Waals surface area contributed by atoms with Crippen molar-refractivity contribution in [2.45, 2.75) is 44.1 Å². The van der Waals surface area contributed by atoms with Gasteiger partial charge in [-0.15, -0.1) is 0 Å². The summed E-state index contributed by atoms with van der Waals surface area (Å²) in [5, 5.41) is 11.3. The molecular formula is C25H25NO3. The van der Waals surface area contributed by atoms with Crippen LogP contribution in [-0.4, -0.2) is 23.4 Å². The molecule has 148 valence electrons. The van der Waals surface area contributed by atoms with Crippen LogP contribution < -0.4 is 9.64 Å². The molecule has 0 bridgehead atoms. The maximum absolute atomic E-state index is 11.3. The van der Waals surface area contributed by atoms with E-state index in [1.165, 1.54) is 0 Å². The average Bonchev–Trinajstić information content (AvgIpc) is 2.78. The molecule has 1 fully saturated rings. The number of aliphatic hydroxyl groups excluding tert-OH is 1. The first kappa shape index (κ1) is 18.2. The Morgan fingerprint density at radius 3 is 2.14 bits per heavy atom. The molecule has 0 aromatic heterocycles. The summed E-state index contributed by atoms with van der Waals surface area (Å²) < 4.78 is 12.3. The molecule has 1 aliphatic heterocycles. The number of benzene rings is 3. The minimum Gasteiger partial charge on any atom is -0.453 e. The summed E-state index contributed by atoms with van der Waals surface area (Å²) in [6, 6.07) is 26.2. The lowest BCUT2D eigenvalue weighted by Gasteiger charge is -2.44. The van der Waals surface area contributed by atoms with E-state index in [4.69, 9.17) is 9.47 Å². The van der Waals surface area contributed by atoms with Crippen LogP contribution in [0.2, 0.25) is 0 Å².